The predicted octanol–water partition coefficient (Wildman–Crippen LogP) is 2.24. The van der Waals surface area contributed by atoms with E-state index in [2.05, 4.69) is 10.3 Å². The molecule has 0 saturated heterocycles. The third-order valence-corrected chi connectivity index (χ3v) is 3.76. The van der Waals surface area contributed by atoms with Crippen LogP contribution in [0.2, 0.25) is 0 Å². The summed E-state index contributed by atoms with van der Waals surface area (Å²) in [5.41, 5.74) is 0.785. The molecule has 0 fully saturated rings. The van der Waals surface area contributed by atoms with E-state index in [-0.39, 0.29) is 5.92 Å². The molecule has 0 aliphatic heterocycles. The highest BCUT2D eigenvalue weighted by atomic mass is 32.1. The molecule has 2 aromatic heterocycles. The number of rotatable bonds is 5. The first-order valence-corrected chi connectivity index (χ1v) is 6.82. The first kappa shape index (κ1) is 14.3. The lowest BCUT2D eigenvalue weighted by Crippen LogP contribution is -2.44. The van der Waals surface area contributed by atoms with Gasteiger partial charge in [0.25, 0.3) is 5.91 Å². The summed E-state index contributed by atoms with van der Waals surface area (Å²) in [6.07, 6.45) is 4.49. The van der Waals surface area contributed by atoms with E-state index in [1.54, 1.807) is 19.9 Å². The number of thiazole rings is 1. The summed E-state index contributed by atoms with van der Waals surface area (Å²) in [5, 5.41) is 12.2. The Morgan fingerprint density at radius 2 is 2.20 bits per heavy atom. The van der Waals surface area contributed by atoms with Crippen molar-refractivity contribution in [3.63, 3.8) is 0 Å². The van der Waals surface area contributed by atoms with Crippen LogP contribution >= 0.6 is 11.3 Å². The number of carbonyl (C=O) groups excluding carboxylic acids is 1. The third kappa shape index (κ3) is 3.05. The van der Waals surface area contributed by atoms with Crippen molar-refractivity contribution in [1.82, 2.24) is 10.3 Å². The van der Waals surface area contributed by atoms with Crippen LogP contribution in [0.1, 0.15) is 23.5 Å². The minimum Gasteiger partial charge on any atom is -0.480 e. The van der Waals surface area contributed by atoms with E-state index in [0.717, 1.165) is 5.56 Å². The van der Waals surface area contributed by atoms with E-state index in [4.69, 9.17) is 9.52 Å². The number of hydrogen-bond donors (Lipinski definition) is 2. The SMILES string of the molecule is CC(C)[C@H](NC(=O)c1cnc(-c2ccoc2)s1)C(=O)O. The summed E-state index contributed by atoms with van der Waals surface area (Å²) in [5.74, 6) is -1.68. The Balaban J connectivity index is 2.12. The van der Waals surface area contributed by atoms with Crippen LogP contribution in [-0.2, 0) is 4.79 Å². The van der Waals surface area contributed by atoms with E-state index >= 15 is 0 Å². The minimum atomic E-state index is -1.05. The quantitative estimate of drug-likeness (QED) is 0.882. The van der Waals surface area contributed by atoms with E-state index in [1.165, 1.54) is 30.1 Å². The molecule has 0 bridgehead atoms. The van der Waals surface area contributed by atoms with E-state index in [9.17, 15) is 9.59 Å². The van der Waals surface area contributed by atoms with Gasteiger partial charge in [-0.05, 0) is 12.0 Å². The molecule has 0 radical (unpaired) electrons. The van der Waals surface area contributed by atoms with Gasteiger partial charge < -0.3 is 14.8 Å². The number of carboxylic acids is 1. The third-order valence-electron chi connectivity index (χ3n) is 2.72. The number of hydrogen-bond acceptors (Lipinski definition) is 5. The smallest absolute Gasteiger partial charge is 0.326 e. The van der Waals surface area contributed by atoms with Gasteiger partial charge in [0.05, 0.1) is 12.5 Å². The Kier molecular flexibility index (Phi) is 4.19. The average Bonchev–Trinajstić information content (AvgIpc) is 3.04. The minimum absolute atomic E-state index is 0.197. The zero-order valence-corrected chi connectivity index (χ0v) is 11.8. The number of nitrogens with zero attached hydrogens (tertiary/aromatic N) is 1. The number of aliphatic carboxylic acids is 1. The van der Waals surface area contributed by atoms with Crippen LogP contribution in [0.3, 0.4) is 0 Å². The maximum atomic E-state index is 12.0. The molecule has 1 atom stereocenters. The molecule has 1 amide bonds. The van der Waals surface area contributed by atoms with Crippen molar-refractivity contribution in [2.75, 3.05) is 0 Å². The van der Waals surface area contributed by atoms with Gasteiger partial charge in [-0.25, -0.2) is 9.78 Å². The van der Waals surface area contributed by atoms with Crippen molar-refractivity contribution in [1.29, 1.82) is 0 Å². The lowest BCUT2D eigenvalue weighted by molar-refractivity contribution is -0.140. The molecule has 0 spiro atoms. The zero-order chi connectivity index (χ0) is 14.7. The molecular weight excluding hydrogens is 280 g/mol. The van der Waals surface area contributed by atoms with Crippen molar-refractivity contribution in [2.45, 2.75) is 19.9 Å². The number of nitrogens with one attached hydrogen (secondary N) is 1. The lowest BCUT2D eigenvalue weighted by Gasteiger charge is -2.16. The maximum absolute atomic E-state index is 12.0. The Morgan fingerprint density at radius 1 is 1.45 bits per heavy atom. The molecule has 2 rings (SSSR count). The number of carbonyl (C=O) groups is 2. The fourth-order valence-electron chi connectivity index (χ4n) is 1.62. The van der Waals surface area contributed by atoms with Crippen LogP contribution in [0.15, 0.2) is 29.2 Å². The van der Waals surface area contributed by atoms with Crippen molar-refractivity contribution >= 4 is 23.2 Å². The molecule has 0 aliphatic rings. The first-order chi connectivity index (χ1) is 9.49. The summed E-state index contributed by atoms with van der Waals surface area (Å²) in [6.45, 7) is 3.48. The molecule has 20 heavy (non-hydrogen) atoms. The van der Waals surface area contributed by atoms with Gasteiger partial charge in [-0.1, -0.05) is 13.8 Å². The molecule has 2 heterocycles. The Hall–Kier alpha value is -2.15. The highest BCUT2D eigenvalue weighted by Crippen LogP contribution is 2.25. The van der Waals surface area contributed by atoms with Gasteiger partial charge in [-0.15, -0.1) is 11.3 Å². The predicted molar refractivity (Wildman–Crippen MR) is 73.5 cm³/mol. The van der Waals surface area contributed by atoms with Crippen molar-refractivity contribution in [3.8, 4) is 10.6 Å². The second-order valence-corrected chi connectivity index (χ2v) is 5.61. The molecule has 0 aliphatic carbocycles. The Bertz CT molecular complexity index is 604. The first-order valence-electron chi connectivity index (χ1n) is 6.01. The van der Waals surface area contributed by atoms with Crippen molar-refractivity contribution < 1.29 is 19.1 Å². The van der Waals surface area contributed by atoms with E-state index in [0.29, 0.717) is 9.88 Å². The molecule has 0 unspecified atom stereocenters. The second kappa shape index (κ2) is 5.87. The summed E-state index contributed by atoms with van der Waals surface area (Å²) in [4.78, 5) is 27.6. The maximum Gasteiger partial charge on any atom is 0.326 e. The number of carboxylic acid groups (broad SMARTS) is 1. The Morgan fingerprint density at radius 3 is 2.75 bits per heavy atom. The number of furan rings is 1. The zero-order valence-electron chi connectivity index (χ0n) is 11.0. The van der Waals surface area contributed by atoms with Gasteiger partial charge in [-0.3, -0.25) is 4.79 Å². The lowest BCUT2D eigenvalue weighted by atomic mass is 10.0. The van der Waals surface area contributed by atoms with Crippen LogP contribution in [0.4, 0.5) is 0 Å². The van der Waals surface area contributed by atoms with E-state index < -0.39 is 17.9 Å². The monoisotopic (exact) mass is 294 g/mol. The van der Waals surface area contributed by atoms with Crippen LogP contribution in [0.5, 0.6) is 0 Å². The highest BCUT2D eigenvalue weighted by Gasteiger charge is 2.24. The van der Waals surface area contributed by atoms with E-state index in [1.807, 2.05) is 0 Å². The van der Waals surface area contributed by atoms with Crippen LogP contribution < -0.4 is 5.32 Å². The molecule has 0 aromatic carbocycles. The van der Waals surface area contributed by atoms with Crippen molar-refractivity contribution in [3.05, 3.63) is 29.7 Å². The van der Waals surface area contributed by atoms with Crippen LogP contribution in [0, 0.1) is 5.92 Å². The molecule has 106 valence electrons. The fraction of sp³-hybridized carbons (Fsp3) is 0.308. The second-order valence-electron chi connectivity index (χ2n) is 4.58. The largest absolute Gasteiger partial charge is 0.480 e. The number of aromatic nitrogens is 1. The van der Waals surface area contributed by atoms with Crippen LogP contribution in [0.25, 0.3) is 10.6 Å². The Labute approximate surface area is 119 Å². The van der Waals surface area contributed by atoms with Crippen LogP contribution in [-0.4, -0.2) is 28.0 Å². The normalized spacial score (nSPS) is 12.3. The molecule has 7 heteroatoms. The molecular formula is C13H14N2O4S. The molecule has 0 saturated carbocycles. The van der Waals surface area contributed by atoms with Gasteiger partial charge >= 0.3 is 5.97 Å². The highest BCUT2D eigenvalue weighted by molar-refractivity contribution is 7.16. The van der Waals surface area contributed by atoms with Crippen molar-refractivity contribution in [2.24, 2.45) is 5.92 Å². The standard InChI is InChI=1S/C13H14N2O4S/c1-7(2)10(13(17)18)15-11(16)9-5-14-12(20-9)8-3-4-19-6-8/h3-7,10H,1-2H3,(H,15,16)(H,17,18)/t10-/m0/s1. The average molecular weight is 294 g/mol. The van der Waals surface area contributed by atoms with Gasteiger partial charge in [-0.2, -0.15) is 0 Å². The fourth-order valence-corrected chi connectivity index (χ4v) is 2.43. The molecule has 2 aromatic rings. The van der Waals surface area contributed by atoms with Gasteiger partial charge in [0, 0.05) is 5.56 Å². The summed E-state index contributed by atoms with van der Waals surface area (Å²) >= 11 is 1.19. The summed E-state index contributed by atoms with van der Waals surface area (Å²) < 4.78 is 4.95. The summed E-state index contributed by atoms with van der Waals surface area (Å²) in [7, 11) is 0. The van der Waals surface area contributed by atoms with Gasteiger partial charge in [0.1, 0.15) is 22.2 Å². The number of amides is 1. The molecule has 2 N–H and O–H groups in total. The summed E-state index contributed by atoms with van der Waals surface area (Å²) in [6, 6.07) is 0.830. The van der Waals surface area contributed by atoms with Gasteiger partial charge in [0.2, 0.25) is 0 Å². The topological polar surface area (TPSA) is 92.4 Å². The van der Waals surface area contributed by atoms with Gasteiger partial charge in [0.15, 0.2) is 0 Å². The molecule has 6 nitrogen and oxygen atoms in total.